The van der Waals surface area contributed by atoms with Gasteiger partial charge in [-0.3, -0.25) is 0 Å². The van der Waals surface area contributed by atoms with Crippen LogP contribution in [0.4, 0.5) is 0 Å². The van der Waals surface area contributed by atoms with E-state index in [0.717, 1.165) is 5.92 Å². The summed E-state index contributed by atoms with van der Waals surface area (Å²) < 4.78 is 3.48. The predicted molar refractivity (Wildman–Crippen MR) is 71.3 cm³/mol. The van der Waals surface area contributed by atoms with Crippen molar-refractivity contribution in [3.63, 3.8) is 0 Å². The van der Waals surface area contributed by atoms with Crippen molar-refractivity contribution >= 4 is 30.6 Å². The third-order valence-electron chi connectivity index (χ3n) is 0.807. The summed E-state index contributed by atoms with van der Waals surface area (Å²) in [5.41, 5.74) is 0.715. The summed E-state index contributed by atoms with van der Waals surface area (Å²) in [7, 11) is 0. The second kappa shape index (κ2) is 10.6. The average molecular weight is 232 g/mol. The molecule has 0 saturated carbocycles. The average Bonchev–Trinajstić information content (AvgIpc) is 2.02. The minimum absolute atomic E-state index is 0.428. The van der Waals surface area contributed by atoms with Crippen LogP contribution in [0.1, 0.15) is 20.8 Å². The highest BCUT2D eigenvalue weighted by molar-refractivity contribution is 7.79. The van der Waals surface area contributed by atoms with Crippen LogP contribution < -0.4 is 0 Å². The lowest BCUT2D eigenvalue weighted by molar-refractivity contribution is 0.737. The SMILES string of the molecule is C=C/C=C(/C=N/S)C(=C)Cl.CC(C)C. The van der Waals surface area contributed by atoms with E-state index in [1.54, 1.807) is 12.2 Å². The molecule has 0 bridgehead atoms. The topological polar surface area (TPSA) is 12.4 Å². The van der Waals surface area contributed by atoms with E-state index in [-0.39, 0.29) is 0 Å². The molecule has 0 rings (SSSR count). The molecule has 0 aliphatic rings. The van der Waals surface area contributed by atoms with Gasteiger partial charge in [-0.25, -0.2) is 4.40 Å². The first-order chi connectivity index (χ1) is 6.45. The van der Waals surface area contributed by atoms with Crippen LogP contribution in [0.2, 0.25) is 0 Å². The van der Waals surface area contributed by atoms with E-state index in [2.05, 4.69) is 51.1 Å². The molecule has 0 unspecified atom stereocenters. The predicted octanol–water partition coefficient (Wildman–Crippen LogP) is 4.43. The van der Waals surface area contributed by atoms with Crippen molar-refractivity contribution in [3.05, 3.63) is 35.9 Å². The van der Waals surface area contributed by atoms with Crippen molar-refractivity contribution in [3.8, 4) is 0 Å². The van der Waals surface area contributed by atoms with E-state index in [1.807, 2.05) is 0 Å². The summed E-state index contributed by atoms with van der Waals surface area (Å²) >= 11 is 9.21. The van der Waals surface area contributed by atoms with Gasteiger partial charge in [-0.2, -0.15) is 0 Å². The van der Waals surface area contributed by atoms with Gasteiger partial charge in [0.05, 0.1) is 0 Å². The summed E-state index contributed by atoms with van der Waals surface area (Å²) in [6.45, 7) is 13.5. The first-order valence-electron chi connectivity index (χ1n) is 4.30. The number of allylic oxidation sites excluding steroid dienone is 4. The molecule has 0 aromatic rings. The zero-order chi connectivity index (χ0) is 11.6. The van der Waals surface area contributed by atoms with Crippen molar-refractivity contribution in [2.24, 2.45) is 10.3 Å². The van der Waals surface area contributed by atoms with Gasteiger partial charge >= 0.3 is 0 Å². The minimum Gasteiger partial charge on any atom is -0.227 e. The fraction of sp³-hybridized carbons (Fsp3) is 0.364. The molecule has 0 radical (unpaired) electrons. The Hall–Kier alpha value is -0.470. The molecule has 0 amide bonds. The summed E-state index contributed by atoms with van der Waals surface area (Å²) in [6, 6.07) is 0. The van der Waals surface area contributed by atoms with Crippen LogP contribution in [-0.2, 0) is 0 Å². The Kier molecular flexibility index (Phi) is 12.1. The largest absolute Gasteiger partial charge is 0.227 e. The number of rotatable bonds is 3. The second-order valence-corrected chi connectivity index (χ2v) is 3.93. The molecule has 3 heteroatoms. The van der Waals surface area contributed by atoms with Crippen LogP contribution in [0.15, 0.2) is 40.3 Å². The maximum Gasteiger partial charge on any atom is 0.0435 e. The fourth-order valence-electron chi connectivity index (χ4n) is 0.393. The summed E-state index contributed by atoms with van der Waals surface area (Å²) in [5.74, 6) is 0.833. The molecule has 0 fully saturated rings. The monoisotopic (exact) mass is 231 g/mol. The normalized spacial score (nSPS) is 11.1. The van der Waals surface area contributed by atoms with E-state index in [9.17, 15) is 0 Å². The van der Waals surface area contributed by atoms with Crippen molar-refractivity contribution in [1.82, 2.24) is 0 Å². The highest BCUT2D eigenvalue weighted by atomic mass is 35.5. The van der Waals surface area contributed by atoms with Crippen LogP contribution in [0, 0.1) is 5.92 Å². The van der Waals surface area contributed by atoms with Gasteiger partial charge in [0.25, 0.3) is 0 Å². The van der Waals surface area contributed by atoms with E-state index < -0.39 is 0 Å². The van der Waals surface area contributed by atoms with Gasteiger partial charge in [0.15, 0.2) is 0 Å². The molecule has 0 aromatic carbocycles. The molecule has 0 saturated heterocycles. The molecule has 0 aromatic heterocycles. The molecule has 0 spiro atoms. The molecule has 14 heavy (non-hydrogen) atoms. The van der Waals surface area contributed by atoms with Crippen molar-refractivity contribution in [2.45, 2.75) is 20.8 Å². The molecule has 80 valence electrons. The molecular weight excluding hydrogens is 214 g/mol. The van der Waals surface area contributed by atoms with Crippen LogP contribution in [-0.4, -0.2) is 6.21 Å². The third kappa shape index (κ3) is 14.1. The molecule has 0 aliphatic carbocycles. The highest BCUT2D eigenvalue weighted by Gasteiger charge is 1.91. The number of hydrogen-bond acceptors (Lipinski definition) is 2. The second-order valence-electron chi connectivity index (χ2n) is 3.24. The Morgan fingerprint density at radius 3 is 2.07 bits per heavy atom. The van der Waals surface area contributed by atoms with Crippen LogP contribution in [0.25, 0.3) is 0 Å². The maximum absolute atomic E-state index is 5.57. The lowest BCUT2D eigenvalue weighted by Gasteiger charge is -1.92. The first kappa shape index (κ1) is 16.0. The molecule has 0 atom stereocenters. The molecule has 0 aliphatic heterocycles. The maximum atomic E-state index is 5.57. The Morgan fingerprint density at radius 1 is 1.43 bits per heavy atom. The van der Waals surface area contributed by atoms with Crippen LogP contribution in [0.3, 0.4) is 0 Å². The fourth-order valence-corrected chi connectivity index (χ4v) is 0.629. The molecular formula is C11H18ClNS. The van der Waals surface area contributed by atoms with Crippen molar-refractivity contribution in [2.75, 3.05) is 0 Å². The quantitative estimate of drug-likeness (QED) is 0.419. The molecule has 0 N–H and O–H groups in total. The Balaban J connectivity index is 0. The third-order valence-corrected chi connectivity index (χ3v) is 1.14. The lowest BCUT2D eigenvalue weighted by Crippen LogP contribution is -1.80. The van der Waals surface area contributed by atoms with E-state index in [1.165, 1.54) is 6.21 Å². The number of thiol groups is 1. The molecule has 1 nitrogen and oxygen atoms in total. The van der Waals surface area contributed by atoms with Gasteiger partial charge in [-0.15, -0.1) is 0 Å². The minimum atomic E-state index is 0.428. The van der Waals surface area contributed by atoms with Gasteiger partial charge < -0.3 is 0 Å². The van der Waals surface area contributed by atoms with Crippen LogP contribution in [0.5, 0.6) is 0 Å². The zero-order valence-electron chi connectivity index (χ0n) is 9.00. The summed E-state index contributed by atoms with van der Waals surface area (Å²) in [5, 5.41) is 0.428. The van der Waals surface area contributed by atoms with E-state index in [4.69, 9.17) is 11.6 Å². The first-order valence-corrected chi connectivity index (χ1v) is 5.08. The van der Waals surface area contributed by atoms with Gasteiger partial charge in [0, 0.05) is 16.8 Å². The number of nitrogens with zero attached hydrogens (tertiary/aromatic N) is 1. The number of halogens is 1. The lowest BCUT2D eigenvalue weighted by atomic mass is 10.2. The smallest absolute Gasteiger partial charge is 0.0435 e. The Morgan fingerprint density at radius 2 is 1.86 bits per heavy atom. The highest BCUT2D eigenvalue weighted by Crippen LogP contribution is 2.09. The van der Waals surface area contributed by atoms with Gasteiger partial charge in [0.1, 0.15) is 0 Å². The standard InChI is InChI=1S/C7H8ClNS.C4H10/c1-3-4-7(5-9-10)6(2)8;1-4(2)3/h3-5,10H,1-2H2;4H,1-3H3/b7-4-,9-5+;. The van der Waals surface area contributed by atoms with E-state index in [0.29, 0.717) is 10.6 Å². The van der Waals surface area contributed by atoms with Gasteiger partial charge in [-0.05, 0) is 18.7 Å². The Bertz CT molecular complexity index is 227. The summed E-state index contributed by atoms with van der Waals surface area (Å²) in [6.07, 6.45) is 4.81. The summed E-state index contributed by atoms with van der Waals surface area (Å²) in [4.78, 5) is 0. The van der Waals surface area contributed by atoms with E-state index >= 15 is 0 Å². The number of hydrogen-bond donors (Lipinski definition) is 1. The van der Waals surface area contributed by atoms with Crippen molar-refractivity contribution < 1.29 is 0 Å². The zero-order valence-corrected chi connectivity index (χ0v) is 10.6. The van der Waals surface area contributed by atoms with Gasteiger partial charge in [-0.1, -0.05) is 57.7 Å². The molecule has 0 heterocycles. The van der Waals surface area contributed by atoms with Crippen LogP contribution >= 0.6 is 24.4 Å². The van der Waals surface area contributed by atoms with Crippen molar-refractivity contribution in [1.29, 1.82) is 0 Å². The Labute approximate surface area is 97.8 Å². The van der Waals surface area contributed by atoms with Gasteiger partial charge in [0.2, 0.25) is 0 Å².